The predicted octanol–water partition coefficient (Wildman–Crippen LogP) is 3.58. The second kappa shape index (κ2) is 6.29. The van der Waals surface area contributed by atoms with Gasteiger partial charge in [0.05, 0.1) is 15.9 Å². The zero-order chi connectivity index (χ0) is 12.3. The van der Waals surface area contributed by atoms with Gasteiger partial charge in [0.15, 0.2) is 0 Å². The molecule has 0 aliphatic carbocycles. The van der Waals surface area contributed by atoms with Gasteiger partial charge in [-0.25, -0.2) is 9.97 Å². The SMILES string of the molecule is CCCc1nc(C2CCCOC2)nc(Cl)c1I. The fraction of sp³-hybridized carbons (Fsp3) is 0.667. The molecule has 2 heterocycles. The van der Waals surface area contributed by atoms with E-state index in [1.54, 1.807) is 0 Å². The van der Waals surface area contributed by atoms with Crippen molar-refractivity contribution in [3.8, 4) is 0 Å². The van der Waals surface area contributed by atoms with Gasteiger partial charge in [-0.1, -0.05) is 24.9 Å². The van der Waals surface area contributed by atoms with Crippen molar-refractivity contribution in [1.82, 2.24) is 9.97 Å². The summed E-state index contributed by atoms with van der Waals surface area (Å²) in [5.74, 6) is 1.17. The minimum atomic E-state index is 0.314. The van der Waals surface area contributed by atoms with E-state index in [0.717, 1.165) is 54.0 Å². The number of nitrogens with zero attached hydrogens (tertiary/aromatic N) is 2. The third-order valence-corrected chi connectivity index (χ3v) is 4.63. The van der Waals surface area contributed by atoms with Gasteiger partial charge in [0, 0.05) is 12.5 Å². The van der Waals surface area contributed by atoms with Crippen LogP contribution in [0.5, 0.6) is 0 Å². The zero-order valence-corrected chi connectivity index (χ0v) is 12.8. The number of aryl methyl sites for hydroxylation is 1. The normalized spacial score (nSPS) is 20.5. The topological polar surface area (TPSA) is 35.0 Å². The summed E-state index contributed by atoms with van der Waals surface area (Å²) >= 11 is 8.40. The first-order valence-corrected chi connectivity index (χ1v) is 7.47. The summed E-state index contributed by atoms with van der Waals surface area (Å²) in [5.41, 5.74) is 1.08. The van der Waals surface area contributed by atoms with Crippen LogP contribution in [0, 0.1) is 3.57 Å². The molecule has 1 aromatic rings. The molecule has 0 amide bonds. The Kier molecular flexibility index (Phi) is 4.99. The lowest BCUT2D eigenvalue weighted by molar-refractivity contribution is 0.0780. The fourth-order valence-corrected chi connectivity index (χ4v) is 2.72. The smallest absolute Gasteiger partial charge is 0.146 e. The second-order valence-corrected chi connectivity index (χ2v) is 5.73. The van der Waals surface area contributed by atoms with Gasteiger partial charge < -0.3 is 4.74 Å². The highest BCUT2D eigenvalue weighted by Crippen LogP contribution is 2.27. The Morgan fingerprint density at radius 2 is 2.29 bits per heavy atom. The van der Waals surface area contributed by atoms with Crippen molar-refractivity contribution in [2.24, 2.45) is 0 Å². The highest BCUT2D eigenvalue weighted by Gasteiger charge is 2.21. The maximum Gasteiger partial charge on any atom is 0.146 e. The van der Waals surface area contributed by atoms with Gasteiger partial charge in [0.2, 0.25) is 0 Å². The summed E-state index contributed by atoms with van der Waals surface area (Å²) in [5, 5.41) is 0.588. The summed E-state index contributed by atoms with van der Waals surface area (Å²) in [4.78, 5) is 9.07. The molecule has 17 heavy (non-hydrogen) atoms. The Labute approximate surface area is 120 Å². The second-order valence-electron chi connectivity index (χ2n) is 4.30. The van der Waals surface area contributed by atoms with Crippen molar-refractivity contribution >= 4 is 34.2 Å². The lowest BCUT2D eigenvalue weighted by Crippen LogP contribution is -2.19. The minimum absolute atomic E-state index is 0.314. The van der Waals surface area contributed by atoms with Crippen molar-refractivity contribution in [2.45, 2.75) is 38.5 Å². The number of rotatable bonds is 3. The molecule has 0 aromatic carbocycles. The van der Waals surface area contributed by atoms with E-state index in [-0.39, 0.29) is 0 Å². The third-order valence-electron chi connectivity index (χ3n) is 2.91. The van der Waals surface area contributed by atoms with Crippen molar-refractivity contribution in [2.75, 3.05) is 13.2 Å². The Morgan fingerprint density at radius 1 is 1.47 bits per heavy atom. The summed E-state index contributed by atoms with van der Waals surface area (Å²) in [7, 11) is 0. The average molecular weight is 367 g/mol. The van der Waals surface area contributed by atoms with Crippen LogP contribution in [0.15, 0.2) is 0 Å². The van der Waals surface area contributed by atoms with Crippen molar-refractivity contribution in [3.05, 3.63) is 20.2 Å². The molecular formula is C12H16ClIN2O. The van der Waals surface area contributed by atoms with E-state index >= 15 is 0 Å². The largest absolute Gasteiger partial charge is 0.381 e. The maximum absolute atomic E-state index is 6.17. The number of hydrogen-bond donors (Lipinski definition) is 0. The van der Waals surface area contributed by atoms with E-state index in [1.165, 1.54) is 0 Å². The standard InChI is InChI=1S/C12H16ClIN2O/c1-2-4-9-10(14)11(13)16-12(15-9)8-5-3-6-17-7-8/h8H,2-7H2,1H3. The molecule has 3 nitrogen and oxygen atoms in total. The molecule has 1 atom stereocenters. The van der Waals surface area contributed by atoms with Gasteiger partial charge in [0.25, 0.3) is 0 Å². The van der Waals surface area contributed by atoms with Gasteiger partial charge in [-0.3, -0.25) is 0 Å². The molecule has 0 radical (unpaired) electrons. The van der Waals surface area contributed by atoms with E-state index in [4.69, 9.17) is 16.3 Å². The van der Waals surface area contributed by atoms with Crippen LogP contribution < -0.4 is 0 Å². The Balaban J connectivity index is 2.27. The molecule has 5 heteroatoms. The molecule has 1 aliphatic heterocycles. The van der Waals surface area contributed by atoms with E-state index in [9.17, 15) is 0 Å². The molecule has 1 fully saturated rings. The van der Waals surface area contributed by atoms with Crippen LogP contribution in [0.1, 0.15) is 43.6 Å². The quantitative estimate of drug-likeness (QED) is 0.606. The molecule has 94 valence electrons. The van der Waals surface area contributed by atoms with E-state index in [1.807, 2.05) is 0 Å². The monoisotopic (exact) mass is 366 g/mol. The molecule has 0 saturated carbocycles. The molecule has 1 saturated heterocycles. The Bertz CT molecular complexity index is 394. The van der Waals surface area contributed by atoms with Gasteiger partial charge in [-0.2, -0.15) is 0 Å². The lowest BCUT2D eigenvalue weighted by atomic mass is 10.0. The number of aromatic nitrogens is 2. The first kappa shape index (κ1) is 13.5. The van der Waals surface area contributed by atoms with Gasteiger partial charge >= 0.3 is 0 Å². The van der Waals surface area contributed by atoms with Crippen molar-refractivity contribution < 1.29 is 4.74 Å². The highest BCUT2D eigenvalue weighted by molar-refractivity contribution is 14.1. The van der Waals surface area contributed by atoms with Gasteiger partial charge in [-0.05, 0) is 41.9 Å². The van der Waals surface area contributed by atoms with Crippen LogP contribution in [-0.4, -0.2) is 23.2 Å². The van der Waals surface area contributed by atoms with Crippen LogP contribution in [-0.2, 0) is 11.2 Å². The lowest BCUT2D eigenvalue weighted by Gasteiger charge is -2.21. The summed E-state index contributed by atoms with van der Waals surface area (Å²) in [6.45, 7) is 3.73. The predicted molar refractivity (Wildman–Crippen MR) is 76.5 cm³/mol. The molecule has 2 rings (SSSR count). The average Bonchev–Trinajstić information content (AvgIpc) is 2.36. The van der Waals surface area contributed by atoms with Gasteiger partial charge in [0.1, 0.15) is 11.0 Å². The first-order chi connectivity index (χ1) is 8.22. The summed E-state index contributed by atoms with van der Waals surface area (Å²) in [6, 6.07) is 0. The maximum atomic E-state index is 6.17. The van der Waals surface area contributed by atoms with Crippen LogP contribution in [0.25, 0.3) is 0 Å². The Hall–Kier alpha value is 0.0600. The minimum Gasteiger partial charge on any atom is -0.381 e. The molecule has 0 bridgehead atoms. The number of halogens is 2. The molecule has 0 N–H and O–H groups in total. The molecule has 1 aliphatic rings. The van der Waals surface area contributed by atoms with E-state index < -0.39 is 0 Å². The molecule has 0 spiro atoms. The number of ether oxygens (including phenoxy) is 1. The number of hydrogen-bond acceptors (Lipinski definition) is 3. The van der Waals surface area contributed by atoms with E-state index in [0.29, 0.717) is 11.1 Å². The first-order valence-electron chi connectivity index (χ1n) is 6.02. The van der Waals surface area contributed by atoms with E-state index in [2.05, 4.69) is 39.5 Å². The fourth-order valence-electron chi connectivity index (χ4n) is 2.01. The Morgan fingerprint density at radius 3 is 2.94 bits per heavy atom. The molecular weight excluding hydrogens is 351 g/mol. The zero-order valence-electron chi connectivity index (χ0n) is 9.88. The van der Waals surface area contributed by atoms with Crippen LogP contribution >= 0.6 is 34.2 Å². The van der Waals surface area contributed by atoms with Crippen LogP contribution in [0.3, 0.4) is 0 Å². The highest BCUT2D eigenvalue weighted by atomic mass is 127. The summed E-state index contributed by atoms with van der Waals surface area (Å²) < 4.78 is 6.47. The van der Waals surface area contributed by atoms with Crippen LogP contribution in [0.2, 0.25) is 5.15 Å². The summed E-state index contributed by atoms with van der Waals surface area (Å²) in [6.07, 6.45) is 4.22. The van der Waals surface area contributed by atoms with Crippen molar-refractivity contribution in [1.29, 1.82) is 0 Å². The van der Waals surface area contributed by atoms with Crippen molar-refractivity contribution in [3.63, 3.8) is 0 Å². The molecule has 1 aromatic heterocycles. The van der Waals surface area contributed by atoms with Gasteiger partial charge in [-0.15, -0.1) is 0 Å². The third kappa shape index (κ3) is 3.29. The molecule has 1 unspecified atom stereocenters. The van der Waals surface area contributed by atoms with Crippen LogP contribution in [0.4, 0.5) is 0 Å².